The van der Waals surface area contributed by atoms with Crippen LogP contribution < -0.4 is 10.1 Å². The summed E-state index contributed by atoms with van der Waals surface area (Å²) >= 11 is 6.12. The zero-order chi connectivity index (χ0) is 19.4. The molecule has 0 bridgehead atoms. The third kappa shape index (κ3) is 4.59. The van der Waals surface area contributed by atoms with E-state index in [0.717, 1.165) is 5.56 Å². The molecule has 0 atom stereocenters. The smallest absolute Gasteiger partial charge is 0.282 e. The number of ether oxygens (including phenoxy) is 1. The third-order valence-corrected chi connectivity index (χ3v) is 6.53. The lowest BCUT2D eigenvalue weighted by atomic mass is 10.2. The second kappa shape index (κ2) is 8.26. The molecule has 1 aliphatic rings. The maximum atomic E-state index is 12.7. The van der Waals surface area contributed by atoms with Gasteiger partial charge in [-0.3, -0.25) is 4.79 Å². The van der Waals surface area contributed by atoms with E-state index in [1.54, 1.807) is 42.5 Å². The Morgan fingerprint density at radius 3 is 2.63 bits per heavy atom. The number of nitrogens with zero attached hydrogens (tertiary/aromatic N) is 2. The monoisotopic (exact) mass is 409 g/mol. The molecule has 1 amide bonds. The van der Waals surface area contributed by atoms with Crippen molar-refractivity contribution >= 4 is 33.4 Å². The molecule has 0 unspecified atom stereocenters. The highest BCUT2D eigenvalue weighted by Crippen LogP contribution is 2.23. The normalized spacial score (nSPS) is 17.0. The second-order valence-electron chi connectivity index (χ2n) is 6.05. The number of carbonyl (C=O) groups is 1. The van der Waals surface area contributed by atoms with Crippen molar-refractivity contribution in [2.75, 3.05) is 32.1 Å². The number of hydrogen-bond acceptors (Lipinski definition) is 4. The van der Waals surface area contributed by atoms with E-state index in [1.165, 1.54) is 15.7 Å². The van der Waals surface area contributed by atoms with Crippen LogP contribution >= 0.6 is 11.6 Å². The maximum Gasteiger partial charge on any atom is 0.282 e. The Hall–Kier alpha value is -2.13. The Labute approximate surface area is 163 Å². The van der Waals surface area contributed by atoms with Gasteiger partial charge >= 0.3 is 0 Å². The molecule has 3 rings (SSSR count). The van der Waals surface area contributed by atoms with Crippen molar-refractivity contribution in [2.24, 2.45) is 0 Å². The van der Waals surface area contributed by atoms with Crippen molar-refractivity contribution in [3.8, 4) is 5.75 Å². The van der Waals surface area contributed by atoms with E-state index in [4.69, 9.17) is 16.3 Å². The minimum absolute atomic E-state index is 0.177. The van der Waals surface area contributed by atoms with Crippen molar-refractivity contribution in [3.05, 3.63) is 59.1 Å². The number of hydrogen-bond donors (Lipinski definition) is 1. The van der Waals surface area contributed by atoms with Crippen LogP contribution in [0.4, 0.5) is 5.69 Å². The molecule has 9 heteroatoms. The molecule has 1 fully saturated rings. The predicted molar refractivity (Wildman–Crippen MR) is 104 cm³/mol. The first-order valence-electron chi connectivity index (χ1n) is 8.32. The first-order valence-corrected chi connectivity index (χ1v) is 10.1. The summed E-state index contributed by atoms with van der Waals surface area (Å²) in [4.78, 5) is 12.3. The molecule has 1 heterocycles. The lowest BCUT2D eigenvalue weighted by Crippen LogP contribution is -2.37. The lowest BCUT2D eigenvalue weighted by molar-refractivity contribution is -0.116. The highest BCUT2D eigenvalue weighted by atomic mass is 35.5. The summed E-state index contributed by atoms with van der Waals surface area (Å²) in [6.07, 6.45) is 0. The van der Waals surface area contributed by atoms with Gasteiger partial charge in [-0.05, 0) is 23.8 Å². The summed E-state index contributed by atoms with van der Waals surface area (Å²) < 4.78 is 33.0. The quantitative estimate of drug-likeness (QED) is 0.794. The fourth-order valence-corrected chi connectivity index (χ4v) is 4.55. The molecule has 1 aliphatic heterocycles. The number of anilines is 1. The van der Waals surface area contributed by atoms with Crippen LogP contribution in [-0.2, 0) is 21.5 Å². The number of carbonyl (C=O) groups excluding carboxylic acids is 1. The first-order chi connectivity index (χ1) is 12.9. The largest absolute Gasteiger partial charge is 0.497 e. The van der Waals surface area contributed by atoms with Gasteiger partial charge in [-0.15, -0.1) is 0 Å². The standard InChI is InChI=1S/C18H20ClN3O4S/c1-26-16-7-4-6-15(11-16)20-18(23)13-22-10-9-21(27(22,24)25)12-14-5-2-3-8-17(14)19/h2-8,11H,9-10,12-13H2,1H3,(H,20,23). The molecular formula is C18H20ClN3O4S. The van der Waals surface area contributed by atoms with E-state index in [-0.39, 0.29) is 19.6 Å². The van der Waals surface area contributed by atoms with Gasteiger partial charge in [0, 0.05) is 36.4 Å². The molecule has 0 spiro atoms. The summed E-state index contributed by atoms with van der Waals surface area (Å²) in [5.74, 6) is 0.193. The van der Waals surface area contributed by atoms with Crippen LogP contribution in [0, 0.1) is 0 Å². The molecule has 0 saturated carbocycles. The lowest BCUT2D eigenvalue weighted by Gasteiger charge is -2.19. The Morgan fingerprint density at radius 2 is 1.89 bits per heavy atom. The second-order valence-corrected chi connectivity index (χ2v) is 8.38. The van der Waals surface area contributed by atoms with E-state index >= 15 is 0 Å². The molecule has 27 heavy (non-hydrogen) atoms. The van der Waals surface area contributed by atoms with E-state index in [0.29, 0.717) is 23.0 Å². The van der Waals surface area contributed by atoms with Gasteiger partial charge in [-0.1, -0.05) is 35.9 Å². The van der Waals surface area contributed by atoms with Crippen LogP contribution in [-0.4, -0.2) is 49.7 Å². The molecule has 2 aromatic rings. The molecule has 2 aromatic carbocycles. The minimum atomic E-state index is -3.72. The number of halogens is 1. The summed E-state index contributed by atoms with van der Waals surface area (Å²) in [7, 11) is -2.19. The van der Waals surface area contributed by atoms with Crippen LogP contribution in [0.15, 0.2) is 48.5 Å². The molecule has 144 valence electrons. The van der Waals surface area contributed by atoms with Gasteiger partial charge in [0.2, 0.25) is 5.91 Å². The van der Waals surface area contributed by atoms with E-state index in [2.05, 4.69) is 5.32 Å². The van der Waals surface area contributed by atoms with Crippen molar-refractivity contribution in [1.29, 1.82) is 0 Å². The van der Waals surface area contributed by atoms with Crippen molar-refractivity contribution in [3.63, 3.8) is 0 Å². The average Bonchev–Trinajstić information content (AvgIpc) is 2.91. The van der Waals surface area contributed by atoms with Crippen molar-refractivity contribution in [2.45, 2.75) is 6.54 Å². The highest BCUT2D eigenvalue weighted by molar-refractivity contribution is 7.87. The zero-order valence-electron chi connectivity index (χ0n) is 14.8. The Kier molecular flexibility index (Phi) is 6.01. The van der Waals surface area contributed by atoms with Gasteiger partial charge in [0.1, 0.15) is 5.75 Å². The number of rotatable bonds is 6. The molecular weight excluding hydrogens is 390 g/mol. The van der Waals surface area contributed by atoms with Crippen molar-refractivity contribution < 1.29 is 17.9 Å². The number of nitrogens with one attached hydrogen (secondary N) is 1. The summed E-state index contributed by atoms with van der Waals surface area (Å²) in [5.41, 5.74) is 1.27. The van der Waals surface area contributed by atoms with E-state index < -0.39 is 16.1 Å². The summed E-state index contributed by atoms with van der Waals surface area (Å²) in [6.45, 7) is 0.479. The Morgan fingerprint density at radius 1 is 1.15 bits per heavy atom. The summed E-state index contributed by atoms with van der Waals surface area (Å²) in [5, 5.41) is 3.21. The Bertz CT molecular complexity index is 936. The average molecular weight is 410 g/mol. The van der Waals surface area contributed by atoms with Crippen LogP contribution in [0.25, 0.3) is 0 Å². The third-order valence-electron chi connectivity index (χ3n) is 4.23. The fraction of sp³-hybridized carbons (Fsp3) is 0.278. The van der Waals surface area contributed by atoms with Crippen LogP contribution in [0.5, 0.6) is 5.75 Å². The van der Waals surface area contributed by atoms with Crippen LogP contribution in [0.2, 0.25) is 5.02 Å². The Balaban J connectivity index is 1.64. The van der Waals surface area contributed by atoms with E-state index in [1.807, 2.05) is 6.07 Å². The summed E-state index contributed by atoms with van der Waals surface area (Å²) in [6, 6.07) is 14.0. The number of benzene rings is 2. The van der Waals surface area contributed by atoms with E-state index in [9.17, 15) is 13.2 Å². The van der Waals surface area contributed by atoms with Gasteiger partial charge in [-0.2, -0.15) is 17.0 Å². The SMILES string of the molecule is COc1cccc(NC(=O)CN2CCN(Cc3ccccc3Cl)S2(=O)=O)c1. The highest BCUT2D eigenvalue weighted by Gasteiger charge is 2.37. The van der Waals surface area contributed by atoms with Crippen LogP contribution in [0.1, 0.15) is 5.56 Å². The van der Waals surface area contributed by atoms with Gasteiger partial charge in [0.25, 0.3) is 10.2 Å². The number of methoxy groups -OCH3 is 1. The molecule has 1 saturated heterocycles. The molecule has 7 nitrogen and oxygen atoms in total. The first kappa shape index (κ1) is 19.6. The van der Waals surface area contributed by atoms with Gasteiger partial charge in [0.15, 0.2) is 0 Å². The van der Waals surface area contributed by atoms with Gasteiger partial charge in [-0.25, -0.2) is 0 Å². The van der Waals surface area contributed by atoms with Crippen molar-refractivity contribution in [1.82, 2.24) is 8.61 Å². The molecule has 0 aliphatic carbocycles. The molecule has 1 N–H and O–H groups in total. The maximum absolute atomic E-state index is 12.7. The van der Waals surface area contributed by atoms with Gasteiger partial charge in [0.05, 0.1) is 13.7 Å². The topological polar surface area (TPSA) is 79.0 Å². The fourth-order valence-electron chi connectivity index (χ4n) is 2.82. The molecule has 0 aromatic heterocycles. The van der Waals surface area contributed by atoms with Crippen LogP contribution in [0.3, 0.4) is 0 Å². The molecule has 0 radical (unpaired) electrons. The predicted octanol–water partition coefficient (Wildman–Crippen LogP) is 2.35. The zero-order valence-corrected chi connectivity index (χ0v) is 16.3. The van der Waals surface area contributed by atoms with Gasteiger partial charge < -0.3 is 10.1 Å². The minimum Gasteiger partial charge on any atom is -0.497 e. The number of amides is 1.